The lowest BCUT2D eigenvalue weighted by atomic mass is 9.97. The Hall–Kier alpha value is -0.570. The minimum absolute atomic E-state index is 0.385. The van der Waals surface area contributed by atoms with E-state index >= 15 is 0 Å². The minimum atomic E-state index is 0.385. The number of hydrogen-bond acceptors (Lipinski definition) is 2. The van der Waals surface area contributed by atoms with Crippen LogP contribution in [-0.2, 0) is 4.79 Å². The molecule has 2 atom stereocenters. The molecule has 0 bridgehead atoms. The van der Waals surface area contributed by atoms with Crippen LogP contribution in [0, 0.1) is 11.8 Å². The second kappa shape index (κ2) is 8.02. The summed E-state index contributed by atoms with van der Waals surface area (Å²) in [6.07, 6.45) is 9.63. The number of carbonyl (C=O) groups excluding carboxylic acids is 1. The third-order valence-electron chi connectivity index (χ3n) is 5.14. The van der Waals surface area contributed by atoms with Gasteiger partial charge in [-0.2, -0.15) is 0 Å². The second-order valence-corrected chi connectivity index (χ2v) is 6.88. The topological polar surface area (TPSA) is 32.3 Å². The third kappa shape index (κ3) is 4.47. The number of carbonyl (C=O) groups is 1. The second-order valence-electron chi connectivity index (χ2n) is 6.88. The Morgan fingerprint density at radius 2 is 2.00 bits per heavy atom. The number of amides is 1. The van der Waals surface area contributed by atoms with Crippen molar-refractivity contribution in [1.82, 2.24) is 10.2 Å². The molecule has 0 aromatic heterocycles. The van der Waals surface area contributed by atoms with Crippen LogP contribution in [0.3, 0.4) is 0 Å². The van der Waals surface area contributed by atoms with Crippen molar-refractivity contribution in [2.45, 2.75) is 71.3 Å². The molecular formula is C17H32N2O. The van der Waals surface area contributed by atoms with Crippen molar-refractivity contribution in [3.05, 3.63) is 0 Å². The number of nitrogens with zero attached hydrogens (tertiary/aromatic N) is 1. The van der Waals surface area contributed by atoms with Crippen molar-refractivity contribution >= 4 is 5.91 Å². The first-order valence-electron chi connectivity index (χ1n) is 8.72. The van der Waals surface area contributed by atoms with Gasteiger partial charge in [-0.3, -0.25) is 4.79 Å². The largest absolute Gasteiger partial charge is 0.341 e. The molecular weight excluding hydrogens is 248 g/mol. The zero-order chi connectivity index (χ0) is 14.4. The number of rotatable bonds is 6. The molecule has 1 heterocycles. The Labute approximate surface area is 124 Å². The fraction of sp³-hybridized carbons (Fsp3) is 0.941. The summed E-state index contributed by atoms with van der Waals surface area (Å²) in [5.74, 6) is 1.88. The molecule has 116 valence electrons. The van der Waals surface area contributed by atoms with Gasteiger partial charge >= 0.3 is 0 Å². The van der Waals surface area contributed by atoms with Crippen LogP contribution in [0.15, 0.2) is 0 Å². The molecule has 1 saturated carbocycles. The SMILES string of the molecule is CCCNC(CN1CCC(C)CCC1=O)C1CCCC1. The first-order valence-corrected chi connectivity index (χ1v) is 8.72. The smallest absolute Gasteiger partial charge is 0.222 e. The van der Waals surface area contributed by atoms with Crippen LogP contribution in [0.25, 0.3) is 0 Å². The maximum absolute atomic E-state index is 12.3. The van der Waals surface area contributed by atoms with Gasteiger partial charge in [-0.15, -0.1) is 0 Å². The molecule has 1 N–H and O–H groups in total. The lowest BCUT2D eigenvalue weighted by Gasteiger charge is -2.31. The Morgan fingerprint density at radius 1 is 1.25 bits per heavy atom. The van der Waals surface area contributed by atoms with Gasteiger partial charge < -0.3 is 10.2 Å². The highest BCUT2D eigenvalue weighted by atomic mass is 16.2. The maximum Gasteiger partial charge on any atom is 0.222 e. The molecule has 2 aliphatic rings. The van der Waals surface area contributed by atoms with Crippen molar-refractivity contribution in [3.8, 4) is 0 Å². The molecule has 0 radical (unpaired) electrons. The molecule has 2 fully saturated rings. The van der Waals surface area contributed by atoms with Gasteiger partial charge in [0, 0.05) is 25.6 Å². The van der Waals surface area contributed by atoms with Gasteiger partial charge in [-0.1, -0.05) is 26.7 Å². The maximum atomic E-state index is 12.3. The lowest BCUT2D eigenvalue weighted by molar-refractivity contribution is -0.131. The van der Waals surface area contributed by atoms with E-state index in [-0.39, 0.29) is 0 Å². The third-order valence-corrected chi connectivity index (χ3v) is 5.14. The molecule has 1 aliphatic carbocycles. The van der Waals surface area contributed by atoms with E-state index in [1.54, 1.807) is 0 Å². The predicted octanol–water partition coefficient (Wildman–Crippen LogP) is 3.19. The van der Waals surface area contributed by atoms with E-state index < -0.39 is 0 Å². The van der Waals surface area contributed by atoms with Gasteiger partial charge in [-0.05, 0) is 50.5 Å². The number of likely N-dealkylation sites (tertiary alicyclic amines) is 1. The van der Waals surface area contributed by atoms with Crippen LogP contribution in [-0.4, -0.2) is 36.5 Å². The first-order chi connectivity index (χ1) is 9.70. The quantitative estimate of drug-likeness (QED) is 0.810. The summed E-state index contributed by atoms with van der Waals surface area (Å²) in [6.45, 7) is 7.49. The highest BCUT2D eigenvalue weighted by Gasteiger charge is 2.29. The summed E-state index contributed by atoms with van der Waals surface area (Å²) < 4.78 is 0. The normalized spacial score (nSPS) is 26.8. The highest BCUT2D eigenvalue weighted by molar-refractivity contribution is 5.76. The highest BCUT2D eigenvalue weighted by Crippen LogP contribution is 2.29. The molecule has 1 aliphatic heterocycles. The molecule has 2 rings (SSSR count). The average molecular weight is 280 g/mol. The van der Waals surface area contributed by atoms with Crippen LogP contribution < -0.4 is 5.32 Å². The van der Waals surface area contributed by atoms with Crippen LogP contribution in [0.1, 0.15) is 65.2 Å². The number of nitrogens with one attached hydrogen (secondary N) is 1. The van der Waals surface area contributed by atoms with E-state index in [4.69, 9.17) is 0 Å². The Kier molecular flexibility index (Phi) is 6.34. The van der Waals surface area contributed by atoms with Gasteiger partial charge in [0.1, 0.15) is 0 Å². The lowest BCUT2D eigenvalue weighted by Crippen LogP contribution is -2.47. The summed E-state index contributed by atoms with van der Waals surface area (Å²) in [7, 11) is 0. The molecule has 1 saturated heterocycles. The van der Waals surface area contributed by atoms with Crippen molar-refractivity contribution < 1.29 is 4.79 Å². The van der Waals surface area contributed by atoms with E-state index in [0.717, 1.165) is 38.4 Å². The molecule has 20 heavy (non-hydrogen) atoms. The van der Waals surface area contributed by atoms with Gasteiger partial charge in [0.2, 0.25) is 5.91 Å². The van der Waals surface area contributed by atoms with Crippen molar-refractivity contribution in [2.24, 2.45) is 11.8 Å². The number of hydrogen-bond donors (Lipinski definition) is 1. The first kappa shape index (κ1) is 15.8. The van der Waals surface area contributed by atoms with Crippen molar-refractivity contribution in [2.75, 3.05) is 19.6 Å². The van der Waals surface area contributed by atoms with E-state index in [1.807, 2.05) is 0 Å². The van der Waals surface area contributed by atoms with Crippen LogP contribution in [0.2, 0.25) is 0 Å². The van der Waals surface area contributed by atoms with Crippen molar-refractivity contribution in [3.63, 3.8) is 0 Å². The fourth-order valence-electron chi connectivity index (χ4n) is 3.67. The molecule has 1 amide bonds. The average Bonchev–Trinajstić information content (AvgIpc) is 2.93. The predicted molar refractivity (Wildman–Crippen MR) is 83.6 cm³/mol. The summed E-state index contributed by atoms with van der Waals surface area (Å²) in [4.78, 5) is 14.4. The van der Waals surface area contributed by atoms with Crippen LogP contribution in [0.4, 0.5) is 0 Å². The van der Waals surface area contributed by atoms with Gasteiger partial charge in [0.15, 0.2) is 0 Å². The van der Waals surface area contributed by atoms with E-state index in [9.17, 15) is 4.79 Å². The summed E-state index contributed by atoms with van der Waals surface area (Å²) in [5.41, 5.74) is 0. The molecule has 3 heteroatoms. The molecule has 0 aromatic rings. The molecule has 3 nitrogen and oxygen atoms in total. The standard InChI is InChI=1S/C17H32N2O/c1-3-11-18-16(15-6-4-5-7-15)13-19-12-10-14(2)8-9-17(19)20/h14-16,18H,3-13H2,1-2H3. The van der Waals surface area contributed by atoms with Crippen LogP contribution in [0.5, 0.6) is 0 Å². The minimum Gasteiger partial charge on any atom is -0.341 e. The van der Waals surface area contributed by atoms with Crippen molar-refractivity contribution in [1.29, 1.82) is 0 Å². The summed E-state index contributed by atoms with van der Waals surface area (Å²) >= 11 is 0. The van der Waals surface area contributed by atoms with Gasteiger partial charge in [-0.25, -0.2) is 0 Å². The Morgan fingerprint density at radius 3 is 2.70 bits per heavy atom. The van der Waals surface area contributed by atoms with Gasteiger partial charge in [0.05, 0.1) is 0 Å². The fourth-order valence-corrected chi connectivity index (χ4v) is 3.67. The molecule has 0 spiro atoms. The van der Waals surface area contributed by atoms with E-state index in [0.29, 0.717) is 17.9 Å². The summed E-state index contributed by atoms with van der Waals surface area (Å²) in [6, 6.07) is 0.523. The zero-order valence-corrected chi connectivity index (χ0v) is 13.4. The monoisotopic (exact) mass is 280 g/mol. The van der Waals surface area contributed by atoms with Gasteiger partial charge in [0.25, 0.3) is 0 Å². The molecule has 0 aromatic carbocycles. The Balaban J connectivity index is 1.92. The Bertz CT molecular complexity index is 299. The summed E-state index contributed by atoms with van der Waals surface area (Å²) in [5, 5.41) is 3.72. The zero-order valence-electron chi connectivity index (χ0n) is 13.4. The molecule has 2 unspecified atom stereocenters. The van der Waals surface area contributed by atoms with Crippen LogP contribution >= 0.6 is 0 Å². The van der Waals surface area contributed by atoms with E-state index in [2.05, 4.69) is 24.1 Å². The van der Waals surface area contributed by atoms with E-state index in [1.165, 1.54) is 38.5 Å².